The van der Waals surface area contributed by atoms with Crippen molar-refractivity contribution in [3.63, 3.8) is 0 Å². The molecule has 170 valence electrons. The summed E-state index contributed by atoms with van der Waals surface area (Å²) in [6.45, 7) is 1.65. The molecule has 0 radical (unpaired) electrons. The van der Waals surface area contributed by atoms with E-state index in [0.717, 1.165) is 27.8 Å². The molecule has 2 aromatic carbocycles. The van der Waals surface area contributed by atoms with Crippen LogP contribution in [0.15, 0.2) is 66.4 Å². The summed E-state index contributed by atoms with van der Waals surface area (Å²) in [6, 6.07) is 15.3. The quantitative estimate of drug-likeness (QED) is 0.466. The lowest BCUT2D eigenvalue weighted by molar-refractivity contribution is -0.168. The topological polar surface area (TPSA) is 74.9 Å². The van der Waals surface area contributed by atoms with Crippen molar-refractivity contribution in [2.24, 2.45) is 0 Å². The minimum atomic E-state index is -0.467. The zero-order chi connectivity index (χ0) is 22.9. The van der Waals surface area contributed by atoms with Gasteiger partial charge in [0.25, 0.3) is 11.8 Å². The van der Waals surface area contributed by atoms with Crippen LogP contribution in [0.25, 0.3) is 10.9 Å². The third-order valence-electron chi connectivity index (χ3n) is 6.65. The standard InChI is InChI=1S/C26H27N3O4/c1-32-19-8-6-17(7-9-19)16-29-23(24(33-2)26(29)31)18-11-14-28(15-12-18)25(30)21-4-3-5-22-20(21)10-13-27-22/h3-11,13,23-24,27H,12,14-16H2,1-2H3. The van der Waals surface area contributed by atoms with Crippen LogP contribution in [0.5, 0.6) is 5.75 Å². The number of carbonyl (C=O) groups is 2. The highest BCUT2D eigenvalue weighted by Crippen LogP contribution is 2.34. The van der Waals surface area contributed by atoms with Crippen molar-refractivity contribution in [2.75, 3.05) is 27.3 Å². The second-order valence-electron chi connectivity index (χ2n) is 8.44. The number of benzene rings is 2. The number of aromatic amines is 1. The monoisotopic (exact) mass is 445 g/mol. The molecule has 2 atom stereocenters. The van der Waals surface area contributed by atoms with Gasteiger partial charge in [0.1, 0.15) is 5.75 Å². The first-order valence-corrected chi connectivity index (χ1v) is 11.1. The normalized spacial score (nSPS) is 20.5. The molecule has 2 aliphatic heterocycles. The van der Waals surface area contributed by atoms with Crippen LogP contribution >= 0.6 is 0 Å². The van der Waals surface area contributed by atoms with E-state index < -0.39 is 6.10 Å². The zero-order valence-electron chi connectivity index (χ0n) is 18.8. The molecule has 5 rings (SSSR count). The number of hydrogen-bond acceptors (Lipinski definition) is 4. The molecule has 0 aliphatic carbocycles. The Kier molecular flexibility index (Phi) is 5.64. The van der Waals surface area contributed by atoms with E-state index in [4.69, 9.17) is 9.47 Å². The van der Waals surface area contributed by atoms with Crippen LogP contribution in [0, 0.1) is 0 Å². The average Bonchev–Trinajstić information content (AvgIpc) is 3.35. The highest BCUT2D eigenvalue weighted by molar-refractivity contribution is 6.06. The smallest absolute Gasteiger partial charge is 0.255 e. The fourth-order valence-electron chi connectivity index (χ4n) is 4.83. The molecule has 2 unspecified atom stereocenters. The van der Waals surface area contributed by atoms with Crippen molar-refractivity contribution in [2.45, 2.75) is 25.1 Å². The number of likely N-dealkylation sites (tertiary alicyclic amines) is 1. The van der Waals surface area contributed by atoms with Gasteiger partial charge in [-0.15, -0.1) is 0 Å². The van der Waals surface area contributed by atoms with Crippen molar-refractivity contribution >= 4 is 22.7 Å². The van der Waals surface area contributed by atoms with E-state index in [0.29, 0.717) is 31.6 Å². The molecule has 7 heteroatoms. The van der Waals surface area contributed by atoms with E-state index in [-0.39, 0.29) is 17.9 Å². The number of β-lactam (4-membered cyclic amide) rings is 1. The molecule has 0 saturated carbocycles. The molecular weight excluding hydrogens is 418 g/mol. The Morgan fingerprint density at radius 2 is 1.94 bits per heavy atom. The maximum Gasteiger partial charge on any atom is 0.255 e. The Balaban J connectivity index is 1.31. The lowest BCUT2D eigenvalue weighted by atomic mass is 9.86. The summed E-state index contributed by atoms with van der Waals surface area (Å²) in [5, 5.41) is 0.937. The number of nitrogens with one attached hydrogen (secondary N) is 1. The Labute approximate surface area is 192 Å². The van der Waals surface area contributed by atoms with Crippen LogP contribution in [0.2, 0.25) is 0 Å². The number of nitrogens with zero attached hydrogens (tertiary/aromatic N) is 2. The molecule has 7 nitrogen and oxygen atoms in total. The second-order valence-corrected chi connectivity index (χ2v) is 8.44. The highest BCUT2D eigenvalue weighted by Gasteiger charge is 2.49. The van der Waals surface area contributed by atoms with Gasteiger partial charge in [-0.1, -0.05) is 24.3 Å². The molecule has 0 bridgehead atoms. The molecule has 1 saturated heterocycles. The number of H-pyrrole nitrogens is 1. The molecule has 3 aromatic rings. The van der Waals surface area contributed by atoms with Gasteiger partial charge in [-0.2, -0.15) is 0 Å². The minimum absolute atomic E-state index is 0.00291. The van der Waals surface area contributed by atoms with Gasteiger partial charge in [0.15, 0.2) is 6.10 Å². The third-order valence-corrected chi connectivity index (χ3v) is 6.65. The Morgan fingerprint density at radius 3 is 2.64 bits per heavy atom. The van der Waals surface area contributed by atoms with Gasteiger partial charge >= 0.3 is 0 Å². The fraction of sp³-hybridized carbons (Fsp3) is 0.308. The molecule has 33 heavy (non-hydrogen) atoms. The van der Waals surface area contributed by atoms with Crippen molar-refractivity contribution in [1.82, 2.24) is 14.8 Å². The number of fused-ring (bicyclic) bond motifs is 1. The van der Waals surface area contributed by atoms with Gasteiger partial charge in [0.05, 0.1) is 13.2 Å². The van der Waals surface area contributed by atoms with Crippen molar-refractivity contribution < 1.29 is 19.1 Å². The summed E-state index contributed by atoms with van der Waals surface area (Å²) in [7, 11) is 3.21. The first-order chi connectivity index (χ1) is 16.1. The van der Waals surface area contributed by atoms with Gasteiger partial charge in [-0.05, 0) is 47.9 Å². The first-order valence-electron chi connectivity index (χ1n) is 11.1. The number of ether oxygens (including phenoxy) is 2. The molecule has 0 spiro atoms. The van der Waals surface area contributed by atoms with E-state index >= 15 is 0 Å². The van der Waals surface area contributed by atoms with Gasteiger partial charge in [-0.3, -0.25) is 9.59 Å². The van der Waals surface area contributed by atoms with E-state index in [1.807, 2.05) is 64.5 Å². The van der Waals surface area contributed by atoms with Gasteiger partial charge in [-0.25, -0.2) is 0 Å². The summed E-state index contributed by atoms with van der Waals surface area (Å²) >= 11 is 0. The zero-order valence-corrected chi connectivity index (χ0v) is 18.8. The van der Waals surface area contributed by atoms with E-state index in [1.54, 1.807) is 14.2 Å². The number of methoxy groups -OCH3 is 2. The molecule has 2 aliphatic rings. The molecular formula is C26H27N3O4. The number of aromatic nitrogens is 1. The Bertz CT molecular complexity index is 1210. The fourth-order valence-corrected chi connectivity index (χ4v) is 4.83. The second kappa shape index (κ2) is 8.75. The van der Waals surface area contributed by atoms with Gasteiger partial charge in [0, 0.05) is 49.4 Å². The summed E-state index contributed by atoms with van der Waals surface area (Å²) in [5.74, 6) is 0.811. The van der Waals surface area contributed by atoms with Crippen molar-refractivity contribution in [3.8, 4) is 5.75 Å². The number of amides is 2. The Hall–Kier alpha value is -3.58. The van der Waals surface area contributed by atoms with E-state index in [1.165, 1.54) is 0 Å². The number of hydrogen-bond donors (Lipinski definition) is 1. The molecule has 1 aromatic heterocycles. The van der Waals surface area contributed by atoms with Crippen LogP contribution in [0.4, 0.5) is 0 Å². The lowest BCUT2D eigenvalue weighted by Crippen LogP contribution is -2.66. The van der Waals surface area contributed by atoms with Crippen LogP contribution in [-0.2, 0) is 16.1 Å². The van der Waals surface area contributed by atoms with Crippen LogP contribution < -0.4 is 4.74 Å². The maximum atomic E-state index is 13.2. The SMILES string of the molecule is COc1ccc(CN2C(=O)C(OC)C2C2=CCN(C(=O)c3cccc4[nH]ccc34)CC2)cc1. The van der Waals surface area contributed by atoms with Crippen LogP contribution in [0.1, 0.15) is 22.3 Å². The van der Waals surface area contributed by atoms with E-state index in [9.17, 15) is 9.59 Å². The molecule has 1 fully saturated rings. The predicted octanol–water partition coefficient (Wildman–Crippen LogP) is 3.37. The third kappa shape index (κ3) is 3.78. The first kappa shape index (κ1) is 21.3. The molecule has 2 amide bonds. The Morgan fingerprint density at radius 1 is 1.12 bits per heavy atom. The summed E-state index contributed by atoms with van der Waals surface area (Å²) in [5.41, 5.74) is 3.86. The van der Waals surface area contributed by atoms with Crippen molar-refractivity contribution in [1.29, 1.82) is 0 Å². The van der Waals surface area contributed by atoms with E-state index in [2.05, 4.69) is 11.1 Å². The van der Waals surface area contributed by atoms with Gasteiger partial charge < -0.3 is 24.3 Å². The highest BCUT2D eigenvalue weighted by atomic mass is 16.5. The van der Waals surface area contributed by atoms with Crippen LogP contribution in [-0.4, -0.2) is 66.1 Å². The summed E-state index contributed by atoms with van der Waals surface area (Å²) in [4.78, 5) is 32.8. The number of rotatable bonds is 6. The predicted molar refractivity (Wildman–Crippen MR) is 125 cm³/mol. The van der Waals surface area contributed by atoms with Crippen molar-refractivity contribution in [3.05, 3.63) is 77.5 Å². The number of carbonyl (C=O) groups excluding carboxylic acids is 2. The maximum absolute atomic E-state index is 13.2. The summed E-state index contributed by atoms with van der Waals surface area (Å²) < 4.78 is 10.7. The summed E-state index contributed by atoms with van der Waals surface area (Å²) in [6.07, 6.45) is 4.19. The van der Waals surface area contributed by atoms with Crippen LogP contribution in [0.3, 0.4) is 0 Å². The lowest BCUT2D eigenvalue weighted by Gasteiger charge is -2.48. The van der Waals surface area contributed by atoms with Gasteiger partial charge in [0.2, 0.25) is 0 Å². The average molecular weight is 446 g/mol. The largest absolute Gasteiger partial charge is 0.497 e. The molecule has 3 heterocycles. The minimum Gasteiger partial charge on any atom is -0.497 e. The molecule has 1 N–H and O–H groups in total.